The molecule has 2 atom stereocenters. The Morgan fingerprint density at radius 2 is 1.92 bits per heavy atom. The highest BCUT2D eigenvalue weighted by atomic mass is 19.1. The first-order chi connectivity index (χ1) is 5.41. The molecule has 0 saturated carbocycles. The average molecular weight is 173 g/mol. The van der Waals surface area contributed by atoms with E-state index < -0.39 is 6.17 Å². The molecular weight excluding hydrogens is 153 g/mol. The first kappa shape index (κ1) is 9.97. The number of hydrogen-bond donors (Lipinski definition) is 0. The number of halogens is 1. The van der Waals surface area contributed by atoms with Gasteiger partial charge in [0.25, 0.3) is 0 Å². The maximum absolute atomic E-state index is 13.0. The fourth-order valence-electron chi connectivity index (χ4n) is 2.11. The smallest absolute Gasteiger partial charge is 0.103 e. The predicted octanol–water partition coefficient (Wildman–Crippen LogP) is 2.61. The number of rotatable bonds is 0. The second-order valence-corrected chi connectivity index (χ2v) is 4.83. The number of nitrogens with zero attached hydrogens (tertiary/aromatic N) is 1. The van der Waals surface area contributed by atoms with Gasteiger partial charge in [0, 0.05) is 18.1 Å². The molecule has 1 unspecified atom stereocenters. The van der Waals surface area contributed by atoms with E-state index in [1.54, 1.807) is 0 Å². The van der Waals surface area contributed by atoms with Crippen LogP contribution in [0, 0.1) is 0 Å². The zero-order chi connectivity index (χ0) is 9.35. The lowest BCUT2D eigenvalue weighted by atomic mass is 9.95. The quantitative estimate of drug-likeness (QED) is 0.544. The Hall–Kier alpha value is -0.110. The van der Waals surface area contributed by atoms with Crippen molar-refractivity contribution < 1.29 is 4.39 Å². The van der Waals surface area contributed by atoms with Crippen molar-refractivity contribution in [2.75, 3.05) is 6.54 Å². The number of alkyl halides is 1. The third kappa shape index (κ3) is 2.19. The van der Waals surface area contributed by atoms with Gasteiger partial charge in [-0.15, -0.1) is 0 Å². The van der Waals surface area contributed by atoms with Crippen molar-refractivity contribution in [3.63, 3.8) is 0 Å². The van der Waals surface area contributed by atoms with Gasteiger partial charge in [0.2, 0.25) is 0 Å². The van der Waals surface area contributed by atoms with Gasteiger partial charge in [-0.3, -0.25) is 4.90 Å². The highest BCUT2D eigenvalue weighted by molar-refractivity contribution is 4.86. The standard InChI is InChI=1S/C10H20FN/c1-8-7-9(11)5-6-12(8)10(2,3)4/h8-9H,5-7H2,1-4H3/t8-,9?/m0/s1. The Morgan fingerprint density at radius 1 is 1.33 bits per heavy atom. The van der Waals surface area contributed by atoms with Gasteiger partial charge in [-0.1, -0.05) is 0 Å². The van der Waals surface area contributed by atoms with Gasteiger partial charge in [0.15, 0.2) is 0 Å². The van der Waals surface area contributed by atoms with Gasteiger partial charge in [0.1, 0.15) is 6.17 Å². The molecule has 0 spiro atoms. The van der Waals surface area contributed by atoms with Crippen LogP contribution in [0.3, 0.4) is 0 Å². The Balaban J connectivity index is 2.57. The maximum Gasteiger partial charge on any atom is 0.103 e. The lowest BCUT2D eigenvalue weighted by Crippen LogP contribution is -2.51. The van der Waals surface area contributed by atoms with Crippen molar-refractivity contribution in [2.24, 2.45) is 0 Å². The van der Waals surface area contributed by atoms with Crippen LogP contribution in [0.1, 0.15) is 40.5 Å². The summed E-state index contributed by atoms with van der Waals surface area (Å²) in [6.45, 7) is 9.62. The molecule has 1 aliphatic rings. The summed E-state index contributed by atoms with van der Waals surface area (Å²) in [7, 11) is 0. The van der Waals surface area contributed by atoms with Crippen LogP contribution in [0.4, 0.5) is 4.39 Å². The first-order valence-corrected chi connectivity index (χ1v) is 4.82. The molecule has 0 aromatic heterocycles. The molecule has 0 aromatic carbocycles. The molecule has 2 heteroatoms. The first-order valence-electron chi connectivity index (χ1n) is 4.82. The summed E-state index contributed by atoms with van der Waals surface area (Å²) in [5, 5.41) is 0. The molecule has 0 N–H and O–H groups in total. The molecule has 1 saturated heterocycles. The normalized spacial score (nSPS) is 33.8. The van der Waals surface area contributed by atoms with E-state index in [0.29, 0.717) is 18.9 Å². The Bertz CT molecular complexity index is 150. The number of likely N-dealkylation sites (tertiary alicyclic amines) is 1. The van der Waals surface area contributed by atoms with Gasteiger partial charge in [-0.05, 0) is 40.5 Å². The predicted molar refractivity (Wildman–Crippen MR) is 50.1 cm³/mol. The summed E-state index contributed by atoms with van der Waals surface area (Å²) >= 11 is 0. The molecule has 0 aromatic rings. The van der Waals surface area contributed by atoms with Crippen LogP contribution >= 0.6 is 0 Å². The summed E-state index contributed by atoms with van der Waals surface area (Å²) in [4.78, 5) is 2.39. The molecular formula is C10H20FN. The maximum atomic E-state index is 13.0. The van der Waals surface area contributed by atoms with Gasteiger partial charge >= 0.3 is 0 Å². The molecule has 1 rings (SSSR count). The molecule has 0 radical (unpaired) electrons. The molecule has 1 nitrogen and oxygen atoms in total. The topological polar surface area (TPSA) is 3.24 Å². The van der Waals surface area contributed by atoms with Crippen LogP contribution in [0.2, 0.25) is 0 Å². The van der Waals surface area contributed by atoms with Crippen molar-refractivity contribution in [2.45, 2.75) is 58.3 Å². The van der Waals surface area contributed by atoms with Crippen LogP contribution in [-0.4, -0.2) is 29.2 Å². The van der Waals surface area contributed by atoms with Crippen molar-refractivity contribution in [3.05, 3.63) is 0 Å². The van der Waals surface area contributed by atoms with Crippen LogP contribution in [-0.2, 0) is 0 Å². The number of hydrogen-bond acceptors (Lipinski definition) is 1. The summed E-state index contributed by atoms with van der Waals surface area (Å²) in [6.07, 6.45) is 0.845. The summed E-state index contributed by atoms with van der Waals surface area (Å²) in [6, 6.07) is 0.397. The SMILES string of the molecule is C[C@H]1CC(F)CCN1C(C)(C)C. The minimum atomic E-state index is -0.571. The van der Waals surface area contributed by atoms with E-state index in [9.17, 15) is 4.39 Å². The molecule has 0 bridgehead atoms. The van der Waals surface area contributed by atoms with Crippen LogP contribution in [0.5, 0.6) is 0 Å². The van der Waals surface area contributed by atoms with Crippen molar-refractivity contribution in [1.29, 1.82) is 0 Å². The van der Waals surface area contributed by atoms with E-state index in [1.807, 2.05) is 0 Å². The van der Waals surface area contributed by atoms with Gasteiger partial charge < -0.3 is 0 Å². The zero-order valence-corrected chi connectivity index (χ0v) is 8.60. The lowest BCUT2D eigenvalue weighted by molar-refractivity contribution is 0.0287. The molecule has 1 aliphatic heterocycles. The van der Waals surface area contributed by atoms with Gasteiger partial charge in [0.05, 0.1) is 0 Å². The van der Waals surface area contributed by atoms with E-state index in [0.717, 1.165) is 6.54 Å². The second kappa shape index (κ2) is 3.33. The molecule has 0 amide bonds. The van der Waals surface area contributed by atoms with E-state index in [2.05, 4.69) is 32.6 Å². The zero-order valence-electron chi connectivity index (χ0n) is 8.60. The monoisotopic (exact) mass is 173 g/mol. The Kier molecular flexibility index (Phi) is 2.77. The van der Waals surface area contributed by atoms with Crippen molar-refractivity contribution >= 4 is 0 Å². The van der Waals surface area contributed by atoms with E-state index in [-0.39, 0.29) is 5.54 Å². The Labute approximate surface area is 74.9 Å². The van der Waals surface area contributed by atoms with Crippen LogP contribution in [0.15, 0.2) is 0 Å². The van der Waals surface area contributed by atoms with E-state index in [4.69, 9.17) is 0 Å². The largest absolute Gasteiger partial charge is 0.296 e. The van der Waals surface area contributed by atoms with Gasteiger partial charge in [-0.25, -0.2) is 4.39 Å². The second-order valence-electron chi connectivity index (χ2n) is 4.83. The molecule has 1 heterocycles. The van der Waals surface area contributed by atoms with E-state index in [1.165, 1.54) is 0 Å². The molecule has 0 aliphatic carbocycles. The van der Waals surface area contributed by atoms with Crippen molar-refractivity contribution in [3.8, 4) is 0 Å². The van der Waals surface area contributed by atoms with Crippen LogP contribution < -0.4 is 0 Å². The highest BCUT2D eigenvalue weighted by Gasteiger charge is 2.31. The minimum Gasteiger partial charge on any atom is -0.296 e. The summed E-state index contributed by atoms with van der Waals surface area (Å²) in [5.74, 6) is 0. The number of piperidine rings is 1. The summed E-state index contributed by atoms with van der Waals surface area (Å²) < 4.78 is 13.0. The highest BCUT2D eigenvalue weighted by Crippen LogP contribution is 2.26. The fraction of sp³-hybridized carbons (Fsp3) is 1.00. The summed E-state index contributed by atoms with van der Waals surface area (Å²) in [5.41, 5.74) is 0.194. The molecule has 1 fully saturated rings. The Morgan fingerprint density at radius 3 is 2.33 bits per heavy atom. The third-order valence-electron chi connectivity index (χ3n) is 2.67. The lowest BCUT2D eigenvalue weighted by Gasteiger charge is -2.44. The minimum absolute atomic E-state index is 0.194. The molecule has 12 heavy (non-hydrogen) atoms. The van der Waals surface area contributed by atoms with E-state index >= 15 is 0 Å². The van der Waals surface area contributed by atoms with Crippen molar-refractivity contribution in [1.82, 2.24) is 4.90 Å². The van der Waals surface area contributed by atoms with Crippen LogP contribution in [0.25, 0.3) is 0 Å². The third-order valence-corrected chi connectivity index (χ3v) is 2.67. The molecule has 72 valence electrons. The van der Waals surface area contributed by atoms with Gasteiger partial charge in [-0.2, -0.15) is 0 Å². The fourth-order valence-corrected chi connectivity index (χ4v) is 2.11. The average Bonchev–Trinajstić information content (AvgIpc) is 1.83.